The van der Waals surface area contributed by atoms with Crippen LogP contribution in [-0.4, -0.2) is 22.8 Å². The molecular weight excluding hydrogens is 188 g/mol. The lowest BCUT2D eigenvalue weighted by atomic mass is 10.2. The van der Waals surface area contributed by atoms with Crippen LogP contribution in [0.4, 0.5) is 0 Å². The molecule has 0 aromatic carbocycles. The van der Waals surface area contributed by atoms with Gasteiger partial charge in [-0.1, -0.05) is 6.92 Å². The van der Waals surface area contributed by atoms with Crippen LogP contribution in [0.2, 0.25) is 0 Å². The highest BCUT2D eigenvalue weighted by molar-refractivity contribution is 5.09. The molecule has 0 atom stereocenters. The van der Waals surface area contributed by atoms with Crippen LogP contribution in [0.5, 0.6) is 0 Å². The van der Waals surface area contributed by atoms with Gasteiger partial charge in [-0.2, -0.15) is 0 Å². The van der Waals surface area contributed by atoms with Crippen molar-refractivity contribution in [2.45, 2.75) is 39.3 Å². The summed E-state index contributed by atoms with van der Waals surface area (Å²) < 4.78 is 2.23. The van der Waals surface area contributed by atoms with Crippen LogP contribution in [0.1, 0.15) is 31.7 Å². The summed E-state index contributed by atoms with van der Waals surface area (Å²) in [5.41, 5.74) is 1.35. The molecule has 2 N–H and O–H groups in total. The van der Waals surface area contributed by atoms with Gasteiger partial charge in [-0.3, -0.25) is 0 Å². The molecule has 86 valence electrons. The first-order valence-corrected chi connectivity index (χ1v) is 5.83. The zero-order valence-corrected chi connectivity index (χ0v) is 9.58. The first kappa shape index (κ1) is 12.3. The van der Waals surface area contributed by atoms with Crippen LogP contribution in [0.15, 0.2) is 18.5 Å². The molecule has 0 fully saturated rings. The molecule has 1 rings (SSSR count). The fourth-order valence-corrected chi connectivity index (χ4v) is 1.59. The maximum atomic E-state index is 8.65. The van der Waals surface area contributed by atoms with Crippen molar-refractivity contribution in [3.63, 3.8) is 0 Å². The minimum absolute atomic E-state index is 0.317. The molecule has 0 aliphatic rings. The Balaban J connectivity index is 2.20. The van der Waals surface area contributed by atoms with Gasteiger partial charge in [-0.25, -0.2) is 0 Å². The predicted molar refractivity (Wildman–Crippen MR) is 62.7 cm³/mol. The highest BCUT2D eigenvalue weighted by atomic mass is 16.2. The SMILES string of the molecule is CCNCc1ccn(CCCCCO)c1. The third-order valence-corrected chi connectivity index (χ3v) is 2.47. The molecule has 0 aliphatic carbocycles. The average molecular weight is 210 g/mol. The van der Waals surface area contributed by atoms with E-state index < -0.39 is 0 Å². The first-order valence-electron chi connectivity index (χ1n) is 5.83. The van der Waals surface area contributed by atoms with Gasteiger partial charge in [0.2, 0.25) is 0 Å². The zero-order chi connectivity index (χ0) is 10.9. The molecule has 1 heterocycles. The second kappa shape index (κ2) is 7.49. The van der Waals surface area contributed by atoms with Gasteiger partial charge >= 0.3 is 0 Å². The van der Waals surface area contributed by atoms with Crippen molar-refractivity contribution >= 4 is 0 Å². The van der Waals surface area contributed by atoms with Gasteiger partial charge in [-0.15, -0.1) is 0 Å². The lowest BCUT2D eigenvalue weighted by Gasteiger charge is -2.02. The molecule has 0 amide bonds. The predicted octanol–water partition coefficient (Wildman–Crippen LogP) is 1.76. The average Bonchev–Trinajstić information content (AvgIpc) is 2.69. The van der Waals surface area contributed by atoms with Crippen molar-refractivity contribution in [1.29, 1.82) is 0 Å². The van der Waals surface area contributed by atoms with Gasteiger partial charge in [0.15, 0.2) is 0 Å². The molecule has 1 aromatic heterocycles. The summed E-state index contributed by atoms with van der Waals surface area (Å²) in [6.07, 6.45) is 7.51. The Hall–Kier alpha value is -0.800. The zero-order valence-electron chi connectivity index (χ0n) is 9.58. The Kier molecular flexibility index (Phi) is 6.12. The molecule has 0 unspecified atom stereocenters. The van der Waals surface area contributed by atoms with E-state index in [4.69, 9.17) is 5.11 Å². The van der Waals surface area contributed by atoms with Crippen molar-refractivity contribution in [2.24, 2.45) is 0 Å². The van der Waals surface area contributed by atoms with Crippen LogP contribution in [0.3, 0.4) is 0 Å². The van der Waals surface area contributed by atoms with Crippen molar-refractivity contribution in [1.82, 2.24) is 9.88 Å². The molecule has 0 radical (unpaired) electrons. The minimum Gasteiger partial charge on any atom is -0.396 e. The van der Waals surface area contributed by atoms with E-state index in [1.165, 1.54) is 5.56 Å². The number of aryl methyl sites for hydroxylation is 1. The van der Waals surface area contributed by atoms with Crippen molar-refractivity contribution in [2.75, 3.05) is 13.2 Å². The first-order chi connectivity index (χ1) is 7.36. The number of unbranched alkanes of at least 4 members (excludes halogenated alkanes) is 2. The second-order valence-electron chi connectivity index (χ2n) is 3.82. The summed E-state index contributed by atoms with van der Waals surface area (Å²) in [5.74, 6) is 0. The number of nitrogens with zero attached hydrogens (tertiary/aromatic N) is 1. The Morgan fingerprint density at radius 2 is 2.20 bits per heavy atom. The van der Waals surface area contributed by atoms with Gasteiger partial charge < -0.3 is 15.0 Å². The van der Waals surface area contributed by atoms with Crippen molar-refractivity contribution in [3.8, 4) is 0 Å². The summed E-state index contributed by atoms with van der Waals surface area (Å²) >= 11 is 0. The Morgan fingerprint density at radius 1 is 1.33 bits per heavy atom. The maximum Gasteiger partial charge on any atom is 0.0431 e. The number of rotatable bonds is 8. The van der Waals surface area contributed by atoms with Crippen LogP contribution in [0, 0.1) is 0 Å². The maximum absolute atomic E-state index is 8.65. The van der Waals surface area contributed by atoms with Gasteiger partial charge in [0, 0.05) is 32.1 Å². The summed E-state index contributed by atoms with van der Waals surface area (Å²) in [4.78, 5) is 0. The molecule has 0 saturated carbocycles. The standard InChI is InChI=1S/C12H22N2O/c1-2-13-10-12-6-8-14(11-12)7-4-3-5-9-15/h6,8,11,13,15H,2-5,7,9-10H2,1H3. The van der Waals surface area contributed by atoms with E-state index in [0.717, 1.165) is 38.9 Å². The third-order valence-electron chi connectivity index (χ3n) is 2.47. The Morgan fingerprint density at radius 3 is 2.93 bits per heavy atom. The van der Waals surface area contributed by atoms with E-state index >= 15 is 0 Å². The Labute approximate surface area is 92.1 Å². The summed E-state index contributed by atoms with van der Waals surface area (Å²) in [5, 5.41) is 12.0. The summed E-state index contributed by atoms with van der Waals surface area (Å²) in [7, 11) is 0. The van der Waals surface area contributed by atoms with Crippen LogP contribution in [-0.2, 0) is 13.1 Å². The van der Waals surface area contributed by atoms with Crippen molar-refractivity contribution < 1.29 is 5.11 Å². The molecule has 0 spiro atoms. The van der Waals surface area contributed by atoms with E-state index in [2.05, 4.69) is 35.3 Å². The number of aromatic nitrogens is 1. The molecule has 0 bridgehead atoms. The second-order valence-corrected chi connectivity index (χ2v) is 3.82. The van der Waals surface area contributed by atoms with Gasteiger partial charge in [-0.05, 0) is 37.4 Å². The van der Waals surface area contributed by atoms with E-state index in [-0.39, 0.29) is 0 Å². The lowest BCUT2D eigenvalue weighted by molar-refractivity contribution is 0.282. The van der Waals surface area contributed by atoms with Crippen LogP contribution < -0.4 is 5.32 Å². The number of hydrogen-bond acceptors (Lipinski definition) is 2. The number of hydrogen-bond donors (Lipinski definition) is 2. The van der Waals surface area contributed by atoms with Crippen LogP contribution in [0.25, 0.3) is 0 Å². The number of aliphatic hydroxyl groups is 1. The molecule has 3 nitrogen and oxygen atoms in total. The quantitative estimate of drug-likeness (QED) is 0.642. The van der Waals surface area contributed by atoms with E-state index in [0.29, 0.717) is 6.61 Å². The molecule has 3 heteroatoms. The van der Waals surface area contributed by atoms with Crippen molar-refractivity contribution in [3.05, 3.63) is 24.0 Å². The topological polar surface area (TPSA) is 37.2 Å². The monoisotopic (exact) mass is 210 g/mol. The molecular formula is C12H22N2O. The van der Waals surface area contributed by atoms with E-state index in [9.17, 15) is 0 Å². The van der Waals surface area contributed by atoms with Gasteiger partial charge in [0.25, 0.3) is 0 Å². The van der Waals surface area contributed by atoms with Gasteiger partial charge in [0.05, 0.1) is 0 Å². The largest absolute Gasteiger partial charge is 0.396 e. The minimum atomic E-state index is 0.317. The molecule has 1 aromatic rings. The Bertz CT molecular complexity index is 258. The molecule has 15 heavy (non-hydrogen) atoms. The lowest BCUT2D eigenvalue weighted by Crippen LogP contribution is -2.11. The van der Waals surface area contributed by atoms with E-state index in [1.54, 1.807) is 0 Å². The van der Waals surface area contributed by atoms with Crippen LogP contribution >= 0.6 is 0 Å². The summed E-state index contributed by atoms with van der Waals surface area (Å²) in [6.45, 7) is 5.47. The molecule has 0 aliphatic heterocycles. The van der Waals surface area contributed by atoms with E-state index in [1.807, 2.05) is 0 Å². The normalized spacial score (nSPS) is 10.8. The smallest absolute Gasteiger partial charge is 0.0431 e. The number of nitrogens with one attached hydrogen (secondary N) is 1. The number of aliphatic hydroxyl groups excluding tert-OH is 1. The summed E-state index contributed by atoms with van der Waals surface area (Å²) in [6, 6.07) is 2.16. The highest BCUT2D eigenvalue weighted by Gasteiger charge is 1.96. The molecule has 0 saturated heterocycles. The third kappa shape index (κ3) is 5.00. The highest BCUT2D eigenvalue weighted by Crippen LogP contribution is 2.04. The fraction of sp³-hybridized carbons (Fsp3) is 0.667. The van der Waals surface area contributed by atoms with Gasteiger partial charge in [0.1, 0.15) is 0 Å². The fourth-order valence-electron chi connectivity index (χ4n) is 1.59.